The van der Waals surface area contributed by atoms with Crippen LogP contribution in [0.15, 0.2) is 18.0 Å². The van der Waals surface area contributed by atoms with Gasteiger partial charge >= 0.3 is 0 Å². The molecule has 0 bridgehead atoms. The minimum Gasteiger partial charge on any atom is -0.396 e. The molecule has 1 amide bonds. The zero-order valence-electron chi connectivity index (χ0n) is 15.6. The number of hydrogen-bond donors (Lipinski definition) is 1. The summed E-state index contributed by atoms with van der Waals surface area (Å²) in [5, 5.41) is 17.4. The molecule has 4 rings (SSSR count). The predicted octanol–water partition coefficient (Wildman–Crippen LogP) is 0.776. The van der Waals surface area contributed by atoms with E-state index in [2.05, 4.69) is 25.3 Å². The highest BCUT2D eigenvalue weighted by atomic mass is 32.1. The Bertz CT molecular complexity index is 779. The summed E-state index contributed by atoms with van der Waals surface area (Å²) in [6.07, 6.45) is 4.44. The van der Waals surface area contributed by atoms with E-state index in [9.17, 15) is 9.90 Å². The number of aliphatic hydroxyl groups is 1. The monoisotopic (exact) mass is 390 g/mol. The van der Waals surface area contributed by atoms with Crippen LogP contribution in [0.25, 0.3) is 0 Å². The third-order valence-corrected chi connectivity index (χ3v) is 6.62. The van der Waals surface area contributed by atoms with Crippen LogP contribution in [0.5, 0.6) is 0 Å². The molecule has 2 aliphatic rings. The van der Waals surface area contributed by atoms with Crippen molar-refractivity contribution in [2.45, 2.75) is 32.9 Å². The molecular weight excluding hydrogens is 364 g/mol. The average molecular weight is 391 g/mol. The average Bonchev–Trinajstić information content (AvgIpc) is 3.39. The summed E-state index contributed by atoms with van der Waals surface area (Å²) >= 11 is 1.67. The second-order valence-electron chi connectivity index (χ2n) is 7.78. The second kappa shape index (κ2) is 7.65. The number of nitrogens with zero attached hydrogens (tertiary/aromatic N) is 6. The Morgan fingerprint density at radius 1 is 1.41 bits per heavy atom. The van der Waals surface area contributed by atoms with Crippen LogP contribution in [0.4, 0.5) is 0 Å². The molecule has 146 valence electrons. The van der Waals surface area contributed by atoms with Gasteiger partial charge in [-0.1, -0.05) is 0 Å². The third-order valence-electron chi connectivity index (χ3n) is 5.79. The fourth-order valence-corrected chi connectivity index (χ4v) is 5.04. The lowest BCUT2D eigenvalue weighted by Crippen LogP contribution is -2.38. The Labute approximate surface area is 162 Å². The molecule has 2 atom stereocenters. The Kier molecular flexibility index (Phi) is 5.25. The highest BCUT2D eigenvalue weighted by Gasteiger charge is 2.52. The SMILES string of the molecule is Cc1nc(CN2C[C@H]3CN(C(=O)CCCn4cncn4)C[C@@]3(CO)C2)cs1. The molecular formula is C18H26N6O2S. The molecule has 0 radical (unpaired) electrons. The highest BCUT2D eigenvalue weighted by molar-refractivity contribution is 7.09. The van der Waals surface area contributed by atoms with E-state index in [0.29, 0.717) is 25.4 Å². The molecule has 1 N–H and O–H groups in total. The maximum atomic E-state index is 12.6. The predicted molar refractivity (Wildman–Crippen MR) is 101 cm³/mol. The molecule has 2 aromatic heterocycles. The number of hydrogen-bond acceptors (Lipinski definition) is 7. The molecule has 8 nitrogen and oxygen atoms in total. The van der Waals surface area contributed by atoms with Gasteiger partial charge in [0.15, 0.2) is 0 Å². The van der Waals surface area contributed by atoms with E-state index in [4.69, 9.17) is 0 Å². The van der Waals surface area contributed by atoms with E-state index in [0.717, 1.165) is 43.3 Å². The molecule has 4 heterocycles. The molecule has 2 saturated heterocycles. The van der Waals surface area contributed by atoms with Gasteiger partial charge in [0, 0.05) is 56.5 Å². The number of aliphatic hydroxyl groups excluding tert-OH is 1. The number of carbonyl (C=O) groups excluding carboxylic acids is 1. The van der Waals surface area contributed by atoms with Gasteiger partial charge in [-0.3, -0.25) is 14.4 Å². The minimum absolute atomic E-state index is 0.132. The van der Waals surface area contributed by atoms with Crippen molar-refractivity contribution in [1.29, 1.82) is 0 Å². The number of thiazole rings is 1. The number of carbonyl (C=O) groups is 1. The van der Waals surface area contributed by atoms with Gasteiger partial charge in [-0.2, -0.15) is 5.10 Å². The summed E-state index contributed by atoms with van der Waals surface area (Å²) in [6.45, 7) is 6.83. The molecule has 0 aliphatic carbocycles. The Morgan fingerprint density at radius 3 is 2.96 bits per heavy atom. The van der Waals surface area contributed by atoms with Crippen molar-refractivity contribution in [3.05, 3.63) is 28.7 Å². The van der Waals surface area contributed by atoms with Crippen LogP contribution < -0.4 is 0 Å². The van der Waals surface area contributed by atoms with Gasteiger partial charge in [-0.25, -0.2) is 9.97 Å². The fraction of sp³-hybridized carbons (Fsp3) is 0.667. The van der Waals surface area contributed by atoms with Crippen molar-refractivity contribution in [2.24, 2.45) is 11.3 Å². The molecule has 0 spiro atoms. The number of fused-ring (bicyclic) bond motifs is 1. The van der Waals surface area contributed by atoms with Crippen LogP contribution in [0.1, 0.15) is 23.5 Å². The second-order valence-corrected chi connectivity index (χ2v) is 8.84. The van der Waals surface area contributed by atoms with Crippen LogP contribution in [-0.2, 0) is 17.9 Å². The van der Waals surface area contributed by atoms with Crippen LogP contribution >= 0.6 is 11.3 Å². The van der Waals surface area contributed by atoms with Crippen molar-refractivity contribution in [1.82, 2.24) is 29.5 Å². The summed E-state index contributed by atoms with van der Waals surface area (Å²) in [5.74, 6) is 0.514. The fourth-order valence-electron chi connectivity index (χ4n) is 4.43. The van der Waals surface area contributed by atoms with Crippen molar-refractivity contribution in [3.8, 4) is 0 Å². The van der Waals surface area contributed by atoms with E-state index < -0.39 is 0 Å². The first kappa shape index (κ1) is 18.5. The maximum absolute atomic E-state index is 12.6. The van der Waals surface area contributed by atoms with E-state index in [1.165, 1.54) is 6.33 Å². The number of amides is 1. The molecule has 0 saturated carbocycles. The summed E-state index contributed by atoms with van der Waals surface area (Å²) in [4.78, 5) is 25.4. The van der Waals surface area contributed by atoms with Crippen molar-refractivity contribution in [2.75, 3.05) is 32.8 Å². The van der Waals surface area contributed by atoms with E-state index in [1.54, 1.807) is 22.3 Å². The Morgan fingerprint density at radius 2 is 2.30 bits per heavy atom. The van der Waals surface area contributed by atoms with Crippen LogP contribution in [0.2, 0.25) is 0 Å². The van der Waals surface area contributed by atoms with Crippen molar-refractivity contribution in [3.63, 3.8) is 0 Å². The molecule has 2 aromatic rings. The molecule has 0 unspecified atom stereocenters. The van der Waals surface area contributed by atoms with Gasteiger partial charge in [-0.15, -0.1) is 11.3 Å². The first-order valence-electron chi connectivity index (χ1n) is 9.42. The molecule has 27 heavy (non-hydrogen) atoms. The number of rotatable bonds is 7. The van der Waals surface area contributed by atoms with Gasteiger partial charge in [-0.05, 0) is 19.3 Å². The number of likely N-dealkylation sites (tertiary alicyclic amines) is 2. The van der Waals surface area contributed by atoms with Gasteiger partial charge in [0.25, 0.3) is 0 Å². The zero-order chi connectivity index (χ0) is 18.9. The minimum atomic E-state index is -0.188. The number of aromatic nitrogens is 4. The first-order chi connectivity index (χ1) is 13.1. The van der Waals surface area contributed by atoms with Crippen LogP contribution in [-0.4, -0.2) is 73.3 Å². The molecule has 2 fully saturated rings. The normalized spacial score (nSPS) is 25.3. The van der Waals surface area contributed by atoms with Crippen molar-refractivity contribution >= 4 is 17.2 Å². The Hall–Kier alpha value is -1.84. The molecule has 0 aromatic carbocycles. The standard InChI is InChI=1S/C18H26N6O2S/c1-14-21-16(8-27-14)7-22-5-15-6-23(10-18(15,9-22)11-25)17(26)3-2-4-24-13-19-12-20-24/h8,12-13,15,25H,2-7,9-11H2,1H3/t15-,18+/m0/s1. The quantitative estimate of drug-likeness (QED) is 0.752. The zero-order valence-corrected chi connectivity index (χ0v) is 16.4. The summed E-state index contributed by atoms with van der Waals surface area (Å²) in [5.41, 5.74) is 0.915. The molecule has 9 heteroatoms. The lowest BCUT2D eigenvalue weighted by Gasteiger charge is -2.27. The Balaban J connectivity index is 1.30. The summed E-state index contributed by atoms with van der Waals surface area (Å²) in [7, 11) is 0. The summed E-state index contributed by atoms with van der Waals surface area (Å²) < 4.78 is 1.75. The maximum Gasteiger partial charge on any atom is 0.222 e. The lowest BCUT2D eigenvalue weighted by atomic mass is 9.82. The van der Waals surface area contributed by atoms with Gasteiger partial charge in [0.05, 0.1) is 17.3 Å². The van der Waals surface area contributed by atoms with E-state index in [-0.39, 0.29) is 17.9 Å². The van der Waals surface area contributed by atoms with Crippen LogP contribution in [0, 0.1) is 18.3 Å². The van der Waals surface area contributed by atoms with Gasteiger partial charge in [0.2, 0.25) is 5.91 Å². The highest BCUT2D eigenvalue weighted by Crippen LogP contribution is 2.42. The van der Waals surface area contributed by atoms with Crippen LogP contribution in [0.3, 0.4) is 0 Å². The molecule has 2 aliphatic heterocycles. The lowest BCUT2D eigenvalue weighted by molar-refractivity contribution is -0.131. The summed E-state index contributed by atoms with van der Waals surface area (Å²) in [6, 6.07) is 0. The largest absolute Gasteiger partial charge is 0.396 e. The first-order valence-corrected chi connectivity index (χ1v) is 10.3. The van der Waals surface area contributed by atoms with Crippen molar-refractivity contribution < 1.29 is 9.90 Å². The number of aryl methyl sites for hydroxylation is 2. The van der Waals surface area contributed by atoms with E-state index in [1.807, 2.05) is 11.8 Å². The topological polar surface area (TPSA) is 87.4 Å². The third kappa shape index (κ3) is 3.90. The van der Waals surface area contributed by atoms with Gasteiger partial charge in [0.1, 0.15) is 12.7 Å². The smallest absolute Gasteiger partial charge is 0.222 e. The van der Waals surface area contributed by atoms with Gasteiger partial charge < -0.3 is 10.0 Å². The van der Waals surface area contributed by atoms with E-state index >= 15 is 0 Å².